The molecule has 0 fully saturated rings. The predicted octanol–water partition coefficient (Wildman–Crippen LogP) is -11.8. The molecule has 0 aliphatic rings. The summed E-state index contributed by atoms with van der Waals surface area (Å²) in [5.41, 5.74) is 0. The third kappa shape index (κ3) is 584. The van der Waals surface area contributed by atoms with Crippen molar-refractivity contribution in [3.63, 3.8) is 0 Å². The van der Waals surface area contributed by atoms with Crippen LogP contribution in [-0.4, -0.2) is 113 Å². The molecule has 0 unspecified atom stereocenters. The second kappa shape index (κ2) is 31.9. The third-order valence-corrected chi connectivity index (χ3v) is 0. The zero-order valence-electron chi connectivity index (χ0n) is 17.9. The second-order valence-corrected chi connectivity index (χ2v) is 5.37. The molecular weight excluding hydrogens is 774 g/mol. The minimum atomic E-state index is -5.39. The number of phosphoric acid groups is 4. The Morgan fingerprint density at radius 3 is 0.346 bits per heavy atom. The zero-order valence-corrected chi connectivity index (χ0v) is 29.5. The van der Waals surface area contributed by atoms with Crippen LogP contribution in [0.15, 0.2) is 0 Å². The Bertz CT molecular complexity index is 328. The van der Waals surface area contributed by atoms with Crippen molar-refractivity contribution >= 4 is 145 Å². The predicted molar refractivity (Wildman–Crippen MR) is 54.4 cm³/mol. The maximum absolute atomic E-state index is 8.55. The standard InChI is InChI=1S/3Ca.4H3O4P.3Zr.6H/c;;;4*1-5(2,3)4;;;;;;;;;/h;;;4*(H3,1,2,3,4);;;;;;;;;/q3*+2;;;;;3*+4;6*-1/p-12. The Morgan fingerprint density at radius 1 is 0.346 bits per heavy atom. The monoisotopic (exact) mass is 775 g/mol. The van der Waals surface area contributed by atoms with Gasteiger partial charge in [0.05, 0.1) is 0 Å². The summed E-state index contributed by atoms with van der Waals surface area (Å²) in [6.07, 6.45) is 0. The van der Waals surface area contributed by atoms with E-state index < -0.39 is 31.3 Å². The van der Waals surface area contributed by atoms with Gasteiger partial charge in [0.25, 0.3) is 0 Å². The van der Waals surface area contributed by atoms with Gasteiger partial charge in [0.15, 0.2) is 0 Å². The first-order valence-corrected chi connectivity index (χ1v) is 8.76. The first kappa shape index (κ1) is 63.8. The van der Waals surface area contributed by atoms with E-state index in [4.69, 9.17) is 77.0 Å². The summed E-state index contributed by atoms with van der Waals surface area (Å²) in [6, 6.07) is 0. The maximum atomic E-state index is 8.55. The van der Waals surface area contributed by atoms with Crippen LogP contribution >= 0.6 is 31.3 Å². The Morgan fingerprint density at radius 2 is 0.346 bits per heavy atom. The summed E-state index contributed by atoms with van der Waals surface area (Å²) in [5.74, 6) is 0. The van der Waals surface area contributed by atoms with Gasteiger partial charge in [-0.3, -0.25) is 0 Å². The van der Waals surface area contributed by atoms with Crippen molar-refractivity contribution in [3.05, 3.63) is 0 Å². The molecule has 0 amide bonds. The molecule has 0 aromatic carbocycles. The molecule has 140 valence electrons. The van der Waals surface area contributed by atoms with E-state index in [0.717, 1.165) is 0 Å². The van der Waals surface area contributed by atoms with Gasteiger partial charge in [-0.05, 0) is 0 Å². The van der Waals surface area contributed by atoms with Crippen LogP contribution in [0.4, 0.5) is 0 Å². The molecule has 0 bridgehead atoms. The van der Waals surface area contributed by atoms with Gasteiger partial charge in [0.2, 0.25) is 0 Å². The van der Waals surface area contributed by atoms with E-state index in [-0.39, 0.29) is 200 Å². The van der Waals surface area contributed by atoms with Gasteiger partial charge in [0.1, 0.15) is 0 Å². The van der Waals surface area contributed by atoms with Gasteiger partial charge < -0.3 is 85.5 Å². The van der Waals surface area contributed by atoms with E-state index in [1.165, 1.54) is 0 Å². The van der Waals surface area contributed by atoms with Crippen molar-refractivity contribution in [2.75, 3.05) is 0 Å². The molecule has 0 saturated heterocycles. The molecule has 0 aliphatic heterocycles. The molecule has 0 saturated carbocycles. The van der Waals surface area contributed by atoms with Crippen molar-refractivity contribution in [3.8, 4) is 0 Å². The normalized spacial score (nSPS) is 9.08. The van der Waals surface area contributed by atoms with Crippen LogP contribution in [0.25, 0.3) is 0 Å². The molecular formula is H6Ca3O16P4Zr3. The summed E-state index contributed by atoms with van der Waals surface area (Å²) < 4.78 is 34.2. The first-order chi connectivity index (χ1) is 8.00. The van der Waals surface area contributed by atoms with E-state index >= 15 is 0 Å². The zero-order chi connectivity index (χ0) is 18.0. The van der Waals surface area contributed by atoms with Crippen LogP contribution in [0, 0.1) is 0 Å². The quantitative estimate of drug-likeness (QED) is 0.163. The van der Waals surface area contributed by atoms with Gasteiger partial charge in [-0.15, -0.1) is 0 Å². The summed E-state index contributed by atoms with van der Waals surface area (Å²) in [4.78, 5) is 103. The van der Waals surface area contributed by atoms with E-state index in [1.807, 2.05) is 0 Å². The molecule has 0 rings (SSSR count). The van der Waals surface area contributed by atoms with Crippen LogP contribution in [0.5, 0.6) is 0 Å². The summed E-state index contributed by atoms with van der Waals surface area (Å²) >= 11 is 0. The molecule has 0 spiro atoms. The Labute approximate surface area is 302 Å². The van der Waals surface area contributed by atoms with E-state index in [0.29, 0.717) is 0 Å². The number of hydrogen-bond acceptors (Lipinski definition) is 16. The van der Waals surface area contributed by atoms with Crippen molar-refractivity contribution in [2.45, 2.75) is 0 Å². The van der Waals surface area contributed by atoms with Gasteiger partial charge in [0, 0.05) is 0 Å². The molecule has 0 aromatic rings. The first-order valence-electron chi connectivity index (χ1n) is 2.92. The van der Waals surface area contributed by atoms with Crippen LogP contribution in [0.1, 0.15) is 8.56 Å². The molecule has 0 atom stereocenters. The van der Waals surface area contributed by atoms with Gasteiger partial charge in [-0.1, -0.05) is 0 Å². The fourth-order valence-electron chi connectivity index (χ4n) is 0. The SMILES string of the molecule is O=P([O-])([O-])[O-].O=P([O-])([O-])[O-].O=P([O-])([O-])[O-].O=P([O-])([O-])[O-].[Ca+2].[Ca+2].[Ca+2].[H-].[H-].[H-].[H-].[H-].[H-].[Zr+4].[Zr+4].[Zr+4]. The molecule has 0 N–H and O–H groups in total. The van der Waals surface area contributed by atoms with Crippen LogP contribution in [0.2, 0.25) is 0 Å². The van der Waals surface area contributed by atoms with Crippen molar-refractivity contribution in [1.29, 1.82) is 0 Å². The molecule has 0 heterocycles. The van der Waals surface area contributed by atoms with Crippen molar-refractivity contribution in [1.82, 2.24) is 0 Å². The maximum Gasteiger partial charge on any atom is 4.00 e. The Kier molecular flexibility index (Phi) is 78.2. The number of hydrogen-bond donors (Lipinski definition) is 0. The van der Waals surface area contributed by atoms with E-state index in [1.54, 1.807) is 0 Å². The average molecular weight is 780 g/mol. The minimum absolute atomic E-state index is 0. The largest absolute Gasteiger partial charge is 4.00 e. The van der Waals surface area contributed by atoms with Crippen molar-refractivity contribution < 1.29 is 164 Å². The van der Waals surface area contributed by atoms with Gasteiger partial charge in [-0.2, -0.15) is 31.3 Å². The average Bonchev–Trinajstić information content (AvgIpc) is 1.62. The van der Waals surface area contributed by atoms with Crippen LogP contribution in [0.3, 0.4) is 0 Å². The Balaban J connectivity index is -0.00000000677. The third-order valence-electron chi connectivity index (χ3n) is 0. The van der Waals surface area contributed by atoms with Crippen LogP contribution in [-0.2, 0) is 96.9 Å². The summed E-state index contributed by atoms with van der Waals surface area (Å²) in [7, 11) is -21.6. The van der Waals surface area contributed by atoms with Crippen molar-refractivity contribution in [2.24, 2.45) is 0 Å². The Hall–Kier alpha value is 6.87. The smallest absolute Gasteiger partial charge is 1.00 e. The molecule has 0 aliphatic carbocycles. The molecule has 16 nitrogen and oxygen atoms in total. The summed E-state index contributed by atoms with van der Waals surface area (Å²) in [5, 5.41) is 0. The fraction of sp³-hybridized carbons (Fsp3) is 0. The van der Waals surface area contributed by atoms with Gasteiger partial charge >= 0.3 is 192 Å². The van der Waals surface area contributed by atoms with E-state index in [9.17, 15) is 0 Å². The number of rotatable bonds is 0. The van der Waals surface area contributed by atoms with Crippen LogP contribution < -0.4 is 58.7 Å². The molecule has 0 aromatic heterocycles. The fourth-order valence-corrected chi connectivity index (χ4v) is 0. The van der Waals surface area contributed by atoms with Gasteiger partial charge in [-0.25, -0.2) is 0 Å². The topological polar surface area (TPSA) is 345 Å². The molecule has 0 radical (unpaired) electrons. The summed E-state index contributed by atoms with van der Waals surface area (Å²) in [6.45, 7) is 0. The second-order valence-electron chi connectivity index (χ2n) is 1.79. The minimum Gasteiger partial charge on any atom is -1.00 e. The molecule has 26 heavy (non-hydrogen) atoms. The molecule has 26 heteroatoms. The van der Waals surface area contributed by atoms with E-state index in [2.05, 4.69) is 0 Å².